The highest BCUT2D eigenvalue weighted by molar-refractivity contribution is 5.96. The van der Waals surface area contributed by atoms with E-state index in [0.29, 0.717) is 29.4 Å². The highest BCUT2D eigenvalue weighted by Crippen LogP contribution is 2.37. The molecule has 1 amide bonds. The minimum absolute atomic E-state index is 0. The SMILES string of the molecule is CCCC(N)C(=O)Nc1cc(OC)c(OC)cc1OC.Cl. The van der Waals surface area contributed by atoms with Gasteiger partial charge in [0.25, 0.3) is 0 Å². The number of hydrogen-bond donors (Lipinski definition) is 2. The van der Waals surface area contributed by atoms with Gasteiger partial charge in [-0.2, -0.15) is 0 Å². The van der Waals surface area contributed by atoms with Crippen LogP contribution in [0.2, 0.25) is 0 Å². The molecule has 21 heavy (non-hydrogen) atoms. The lowest BCUT2D eigenvalue weighted by molar-refractivity contribution is -0.117. The molecule has 1 atom stereocenters. The third-order valence-electron chi connectivity index (χ3n) is 2.90. The second-order valence-corrected chi connectivity index (χ2v) is 4.29. The van der Waals surface area contributed by atoms with Crippen LogP contribution < -0.4 is 25.3 Å². The maximum atomic E-state index is 12.0. The first-order chi connectivity index (χ1) is 9.57. The minimum atomic E-state index is -0.544. The topological polar surface area (TPSA) is 82.8 Å². The molecule has 0 aliphatic heterocycles. The first kappa shape index (κ1) is 19.3. The monoisotopic (exact) mass is 318 g/mol. The van der Waals surface area contributed by atoms with Crippen molar-refractivity contribution in [1.82, 2.24) is 0 Å². The Hall–Kier alpha value is -1.66. The Kier molecular flexibility index (Phi) is 8.57. The molecule has 7 heteroatoms. The van der Waals surface area contributed by atoms with Crippen molar-refractivity contribution in [2.24, 2.45) is 5.73 Å². The number of carbonyl (C=O) groups excluding carboxylic acids is 1. The van der Waals surface area contributed by atoms with Crippen molar-refractivity contribution in [3.8, 4) is 17.2 Å². The molecule has 0 heterocycles. The fourth-order valence-corrected chi connectivity index (χ4v) is 1.79. The molecule has 0 radical (unpaired) electrons. The van der Waals surface area contributed by atoms with E-state index < -0.39 is 6.04 Å². The Morgan fingerprint density at radius 3 is 2.14 bits per heavy atom. The van der Waals surface area contributed by atoms with Gasteiger partial charge in [-0.3, -0.25) is 4.79 Å². The Balaban J connectivity index is 0.00000400. The Labute approximate surface area is 131 Å². The number of benzene rings is 1. The number of rotatable bonds is 7. The van der Waals surface area contributed by atoms with Gasteiger partial charge in [0.2, 0.25) is 5.91 Å². The van der Waals surface area contributed by atoms with Gasteiger partial charge in [-0.05, 0) is 6.42 Å². The van der Waals surface area contributed by atoms with E-state index in [1.807, 2.05) is 6.92 Å². The van der Waals surface area contributed by atoms with Gasteiger partial charge < -0.3 is 25.3 Å². The van der Waals surface area contributed by atoms with E-state index in [1.165, 1.54) is 21.3 Å². The number of anilines is 1. The molecule has 0 fully saturated rings. The number of ether oxygens (including phenoxy) is 3. The number of carbonyl (C=O) groups is 1. The van der Waals surface area contributed by atoms with Crippen molar-refractivity contribution in [2.75, 3.05) is 26.6 Å². The lowest BCUT2D eigenvalue weighted by Crippen LogP contribution is -2.35. The van der Waals surface area contributed by atoms with E-state index in [4.69, 9.17) is 19.9 Å². The fraction of sp³-hybridized carbons (Fsp3) is 0.500. The predicted octanol–water partition coefficient (Wildman–Crippen LogP) is 2.20. The normalized spacial score (nSPS) is 11.1. The van der Waals surface area contributed by atoms with Crippen molar-refractivity contribution in [3.63, 3.8) is 0 Å². The third-order valence-corrected chi connectivity index (χ3v) is 2.90. The molecular formula is C14H23ClN2O4. The summed E-state index contributed by atoms with van der Waals surface area (Å²) in [4.78, 5) is 12.0. The maximum Gasteiger partial charge on any atom is 0.241 e. The molecule has 0 bridgehead atoms. The van der Waals surface area contributed by atoms with Gasteiger partial charge in [0.15, 0.2) is 11.5 Å². The van der Waals surface area contributed by atoms with Crippen LogP contribution in [-0.4, -0.2) is 33.3 Å². The van der Waals surface area contributed by atoms with Gasteiger partial charge in [0.05, 0.1) is 33.1 Å². The molecule has 0 saturated heterocycles. The standard InChI is InChI=1S/C14H22N2O4.ClH/c1-5-6-9(15)14(17)16-10-7-12(19-3)13(20-4)8-11(10)18-2;/h7-9H,5-6,15H2,1-4H3,(H,16,17);1H. The molecule has 0 aliphatic rings. The van der Waals surface area contributed by atoms with Crippen molar-refractivity contribution >= 4 is 24.0 Å². The van der Waals surface area contributed by atoms with Gasteiger partial charge in [-0.15, -0.1) is 12.4 Å². The number of halogens is 1. The summed E-state index contributed by atoms with van der Waals surface area (Å²) >= 11 is 0. The maximum absolute atomic E-state index is 12.0. The van der Waals surface area contributed by atoms with E-state index in [-0.39, 0.29) is 18.3 Å². The van der Waals surface area contributed by atoms with Crippen LogP contribution >= 0.6 is 12.4 Å². The van der Waals surface area contributed by atoms with Gasteiger partial charge in [0.1, 0.15) is 5.75 Å². The minimum Gasteiger partial charge on any atom is -0.494 e. The molecule has 120 valence electrons. The van der Waals surface area contributed by atoms with E-state index in [2.05, 4.69) is 5.32 Å². The van der Waals surface area contributed by atoms with Crippen LogP contribution in [0.4, 0.5) is 5.69 Å². The van der Waals surface area contributed by atoms with Crippen LogP contribution in [0, 0.1) is 0 Å². The molecule has 0 spiro atoms. The van der Waals surface area contributed by atoms with Crippen molar-refractivity contribution < 1.29 is 19.0 Å². The molecule has 0 aromatic heterocycles. The summed E-state index contributed by atoms with van der Waals surface area (Å²) in [5.74, 6) is 1.27. The summed E-state index contributed by atoms with van der Waals surface area (Å²) in [6.07, 6.45) is 1.47. The van der Waals surface area contributed by atoms with Crippen LogP contribution in [0.3, 0.4) is 0 Å². The first-order valence-corrected chi connectivity index (χ1v) is 6.43. The predicted molar refractivity (Wildman–Crippen MR) is 84.9 cm³/mol. The van der Waals surface area contributed by atoms with E-state index in [9.17, 15) is 4.79 Å². The summed E-state index contributed by atoms with van der Waals surface area (Å²) in [6.45, 7) is 1.98. The summed E-state index contributed by atoms with van der Waals surface area (Å²) in [5, 5.41) is 2.75. The zero-order valence-electron chi connectivity index (χ0n) is 12.8. The largest absolute Gasteiger partial charge is 0.494 e. The van der Waals surface area contributed by atoms with E-state index in [0.717, 1.165) is 6.42 Å². The Bertz CT molecular complexity index is 469. The second-order valence-electron chi connectivity index (χ2n) is 4.29. The number of nitrogens with two attached hydrogens (primary N) is 1. The summed E-state index contributed by atoms with van der Waals surface area (Å²) in [5.41, 5.74) is 6.29. The van der Waals surface area contributed by atoms with Crippen LogP contribution in [0.5, 0.6) is 17.2 Å². The zero-order valence-corrected chi connectivity index (χ0v) is 13.6. The van der Waals surface area contributed by atoms with Gasteiger partial charge >= 0.3 is 0 Å². The van der Waals surface area contributed by atoms with Gasteiger partial charge in [-0.25, -0.2) is 0 Å². The third kappa shape index (κ3) is 4.99. The number of nitrogens with one attached hydrogen (secondary N) is 1. The van der Waals surface area contributed by atoms with Crippen molar-refractivity contribution in [3.05, 3.63) is 12.1 Å². The van der Waals surface area contributed by atoms with Crippen LogP contribution in [0.1, 0.15) is 19.8 Å². The second kappa shape index (κ2) is 9.31. The van der Waals surface area contributed by atoms with Crippen LogP contribution in [-0.2, 0) is 4.79 Å². The lowest BCUT2D eigenvalue weighted by Gasteiger charge is -2.16. The highest BCUT2D eigenvalue weighted by Gasteiger charge is 2.17. The average molecular weight is 319 g/mol. The highest BCUT2D eigenvalue weighted by atomic mass is 35.5. The molecule has 6 nitrogen and oxygen atoms in total. The lowest BCUT2D eigenvalue weighted by atomic mass is 10.1. The number of amides is 1. The number of methoxy groups -OCH3 is 3. The summed E-state index contributed by atoms with van der Waals surface area (Å²) in [7, 11) is 4.58. The Morgan fingerprint density at radius 2 is 1.67 bits per heavy atom. The molecular weight excluding hydrogens is 296 g/mol. The zero-order chi connectivity index (χ0) is 15.1. The molecule has 0 saturated carbocycles. The molecule has 1 unspecified atom stereocenters. The van der Waals surface area contributed by atoms with Crippen molar-refractivity contribution in [2.45, 2.75) is 25.8 Å². The van der Waals surface area contributed by atoms with Crippen LogP contribution in [0.25, 0.3) is 0 Å². The summed E-state index contributed by atoms with van der Waals surface area (Å²) < 4.78 is 15.6. The molecule has 0 aliphatic carbocycles. The molecule has 1 aromatic rings. The smallest absolute Gasteiger partial charge is 0.241 e. The average Bonchev–Trinajstić information content (AvgIpc) is 2.46. The van der Waals surface area contributed by atoms with Gasteiger partial charge in [-0.1, -0.05) is 13.3 Å². The quantitative estimate of drug-likeness (QED) is 0.805. The summed E-state index contributed by atoms with van der Waals surface area (Å²) in [6, 6.07) is 2.76. The van der Waals surface area contributed by atoms with Gasteiger partial charge in [0, 0.05) is 12.1 Å². The van der Waals surface area contributed by atoms with Crippen molar-refractivity contribution in [1.29, 1.82) is 0 Å². The van der Waals surface area contributed by atoms with E-state index >= 15 is 0 Å². The molecule has 3 N–H and O–H groups in total. The molecule has 1 aromatic carbocycles. The Morgan fingerprint density at radius 1 is 1.14 bits per heavy atom. The fourth-order valence-electron chi connectivity index (χ4n) is 1.79. The number of hydrogen-bond acceptors (Lipinski definition) is 5. The van der Waals surface area contributed by atoms with E-state index in [1.54, 1.807) is 12.1 Å². The first-order valence-electron chi connectivity index (χ1n) is 6.43. The molecule has 1 rings (SSSR count). The van der Waals surface area contributed by atoms with Crippen LogP contribution in [0.15, 0.2) is 12.1 Å².